The summed E-state index contributed by atoms with van der Waals surface area (Å²) >= 11 is -2.93. The molecule has 1 unspecified atom stereocenters. The first-order valence-corrected chi connectivity index (χ1v) is 12.2. The Bertz CT molecular complexity index is 477. The zero-order chi connectivity index (χ0) is 21.6. The van der Waals surface area contributed by atoms with Crippen LogP contribution in [0.4, 0.5) is 0 Å². The smallest absolute Gasteiger partial charge is 1.00 e. The van der Waals surface area contributed by atoms with Crippen LogP contribution in [-0.4, -0.2) is 27.3 Å². The first-order chi connectivity index (χ1) is 14.1. The fourth-order valence-corrected chi connectivity index (χ4v) is 3.29. The molecule has 172 valence electrons. The Morgan fingerprint density at radius 3 is 1.50 bits per heavy atom. The van der Waals surface area contributed by atoms with Crippen LogP contribution in [0.3, 0.4) is 0 Å². The van der Waals surface area contributed by atoms with E-state index in [0.29, 0.717) is 6.61 Å². The summed E-state index contributed by atoms with van der Waals surface area (Å²) in [6.45, 7) is 2.55. The number of esters is 1. The summed E-state index contributed by atoms with van der Waals surface area (Å²) in [6.07, 6.45) is 22.1. The zero-order valence-electron chi connectivity index (χ0n) is 20.0. The van der Waals surface area contributed by atoms with Crippen molar-refractivity contribution in [2.45, 2.75) is 110 Å². The summed E-state index contributed by atoms with van der Waals surface area (Å²) in [6, 6.07) is 0. The van der Waals surface area contributed by atoms with Gasteiger partial charge in [-0.1, -0.05) is 103 Å². The zero-order valence-corrected chi connectivity index (χ0v) is 21.8. The van der Waals surface area contributed by atoms with Crippen molar-refractivity contribution in [1.82, 2.24) is 0 Å². The van der Waals surface area contributed by atoms with E-state index in [1.54, 1.807) is 0 Å². The standard InChI is InChI=1S/C22H40O6S.Na.H/c1-2-3-4-5-6-7-8-9-10-11-12-13-14-15-16-17-20-27-21(23)18-19-22(24)28-29(25)26;;/h18-19H,2-17,20H2,1H3,(H,25,26);;/q;+1;-1/p-1/b19-18+;;. The molecule has 0 N–H and O–H groups in total. The van der Waals surface area contributed by atoms with Crippen molar-refractivity contribution in [1.29, 1.82) is 0 Å². The first-order valence-electron chi connectivity index (χ1n) is 11.2. The van der Waals surface area contributed by atoms with Gasteiger partial charge in [0.15, 0.2) is 0 Å². The van der Waals surface area contributed by atoms with Gasteiger partial charge in [0.2, 0.25) is 0 Å². The predicted octanol–water partition coefficient (Wildman–Crippen LogP) is 2.80. The van der Waals surface area contributed by atoms with Gasteiger partial charge in [-0.3, -0.25) is 0 Å². The maximum absolute atomic E-state index is 11.3. The second-order valence-corrected chi connectivity index (χ2v) is 7.99. The van der Waals surface area contributed by atoms with E-state index in [1.165, 1.54) is 83.5 Å². The minimum absolute atomic E-state index is 0. The summed E-state index contributed by atoms with van der Waals surface area (Å²) in [5.41, 5.74) is 0. The van der Waals surface area contributed by atoms with E-state index < -0.39 is 23.3 Å². The number of carbonyl (C=O) groups is 2. The monoisotopic (exact) mass is 455 g/mol. The van der Waals surface area contributed by atoms with Crippen LogP contribution in [-0.2, 0) is 29.9 Å². The molecule has 0 aliphatic rings. The molecule has 30 heavy (non-hydrogen) atoms. The maximum Gasteiger partial charge on any atom is 1.00 e. The number of hydrogen-bond donors (Lipinski definition) is 0. The van der Waals surface area contributed by atoms with Gasteiger partial charge in [0.05, 0.1) is 6.61 Å². The van der Waals surface area contributed by atoms with Gasteiger partial charge < -0.3 is 14.9 Å². The van der Waals surface area contributed by atoms with Gasteiger partial charge in [-0.2, -0.15) is 0 Å². The van der Waals surface area contributed by atoms with Crippen LogP contribution in [0.1, 0.15) is 111 Å². The fourth-order valence-electron chi connectivity index (χ4n) is 3.10. The second kappa shape index (κ2) is 25.1. The molecule has 0 radical (unpaired) electrons. The van der Waals surface area contributed by atoms with E-state index in [-0.39, 0.29) is 31.0 Å². The third-order valence-electron chi connectivity index (χ3n) is 4.75. The largest absolute Gasteiger partial charge is 1.00 e. The molecule has 0 heterocycles. The molecule has 0 aliphatic heterocycles. The van der Waals surface area contributed by atoms with Crippen molar-refractivity contribution < 1.29 is 58.3 Å². The van der Waals surface area contributed by atoms with Crippen molar-refractivity contribution in [2.75, 3.05) is 6.61 Å². The molecule has 0 aromatic carbocycles. The molecule has 0 aliphatic carbocycles. The molecule has 6 nitrogen and oxygen atoms in total. The van der Waals surface area contributed by atoms with E-state index in [9.17, 15) is 18.4 Å². The third kappa shape index (κ3) is 25.8. The van der Waals surface area contributed by atoms with Gasteiger partial charge in [0, 0.05) is 12.2 Å². The fraction of sp³-hybridized carbons (Fsp3) is 0.818. The topological polar surface area (TPSA) is 92.7 Å². The third-order valence-corrected chi connectivity index (χ3v) is 5.05. The number of ether oxygens (including phenoxy) is 1. The van der Waals surface area contributed by atoms with E-state index in [1.807, 2.05) is 0 Å². The average molecular weight is 456 g/mol. The van der Waals surface area contributed by atoms with Crippen molar-refractivity contribution in [2.24, 2.45) is 0 Å². The molecular weight excluding hydrogens is 415 g/mol. The minimum atomic E-state index is -2.93. The Hall–Kier alpha value is -0.210. The van der Waals surface area contributed by atoms with Crippen LogP contribution in [0, 0.1) is 0 Å². The van der Waals surface area contributed by atoms with E-state index in [0.717, 1.165) is 31.4 Å². The number of unbranched alkanes of at least 4 members (excludes halogenated alkanes) is 15. The molecular formula is C22H40NaO6S-. The van der Waals surface area contributed by atoms with Crippen LogP contribution < -0.4 is 29.6 Å². The van der Waals surface area contributed by atoms with Crippen molar-refractivity contribution in [3.05, 3.63) is 12.2 Å². The van der Waals surface area contributed by atoms with Gasteiger partial charge in [0.25, 0.3) is 0 Å². The molecule has 0 saturated carbocycles. The molecule has 0 saturated heterocycles. The molecule has 0 spiro atoms. The molecule has 1 atom stereocenters. The Morgan fingerprint density at radius 1 is 0.733 bits per heavy atom. The summed E-state index contributed by atoms with van der Waals surface area (Å²) in [5, 5.41) is 0. The van der Waals surface area contributed by atoms with Crippen molar-refractivity contribution in [3.8, 4) is 0 Å². The van der Waals surface area contributed by atoms with Crippen LogP contribution in [0.2, 0.25) is 0 Å². The van der Waals surface area contributed by atoms with Crippen LogP contribution in [0.15, 0.2) is 12.2 Å². The SMILES string of the molecule is CCCCCCCCCCCCCCCCCCOC(=O)/C=C/C(=O)OS(=O)[O-].[H-].[Na+]. The quantitative estimate of drug-likeness (QED) is 0.0921. The normalized spacial score (nSPS) is 11.8. The Balaban J connectivity index is -0.00000392. The molecule has 0 fully saturated rings. The molecule has 0 aromatic heterocycles. The minimum Gasteiger partial charge on any atom is -1.00 e. The second-order valence-electron chi connectivity index (χ2n) is 7.41. The van der Waals surface area contributed by atoms with Gasteiger partial charge >= 0.3 is 41.5 Å². The number of hydrogen-bond acceptors (Lipinski definition) is 6. The van der Waals surface area contributed by atoms with Crippen molar-refractivity contribution >= 4 is 23.3 Å². The van der Waals surface area contributed by atoms with Gasteiger partial charge in [0.1, 0.15) is 11.4 Å². The molecule has 0 rings (SSSR count). The van der Waals surface area contributed by atoms with Gasteiger partial charge in [-0.25, -0.2) is 13.8 Å². The molecule has 0 bridgehead atoms. The van der Waals surface area contributed by atoms with Gasteiger partial charge in [-0.05, 0) is 6.42 Å². The van der Waals surface area contributed by atoms with Crippen molar-refractivity contribution in [3.63, 3.8) is 0 Å². The van der Waals surface area contributed by atoms with E-state index in [2.05, 4.69) is 11.1 Å². The van der Waals surface area contributed by atoms with Crippen LogP contribution in [0.25, 0.3) is 0 Å². The van der Waals surface area contributed by atoms with E-state index >= 15 is 0 Å². The molecule has 8 heteroatoms. The summed E-state index contributed by atoms with van der Waals surface area (Å²) in [4.78, 5) is 22.2. The Kier molecular flexibility index (Phi) is 26.7. The molecule has 0 aromatic rings. The van der Waals surface area contributed by atoms with Gasteiger partial charge in [-0.15, -0.1) is 0 Å². The maximum atomic E-state index is 11.3. The Morgan fingerprint density at radius 2 is 1.10 bits per heavy atom. The number of carbonyl (C=O) groups excluding carboxylic acids is 2. The molecule has 0 amide bonds. The number of rotatable bonds is 20. The van der Waals surface area contributed by atoms with E-state index in [4.69, 9.17) is 4.74 Å². The summed E-state index contributed by atoms with van der Waals surface area (Å²) in [5.74, 6) is -1.81. The Labute approximate surface area is 209 Å². The van der Waals surface area contributed by atoms with Crippen LogP contribution >= 0.6 is 0 Å². The predicted molar refractivity (Wildman–Crippen MR) is 116 cm³/mol. The summed E-state index contributed by atoms with van der Waals surface area (Å²) in [7, 11) is 0. The first kappa shape index (κ1) is 32.0. The summed E-state index contributed by atoms with van der Waals surface area (Å²) < 4.78 is 29.0. The average Bonchev–Trinajstić information content (AvgIpc) is 2.68. The van der Waals surface area contributed by atoms with Crippen LogP contribution in [0.5, 0.6) is 0 Å².